The van der Waals surface area contributed by atoms with Crippen LogP contribution in [0, 0.1) is 25.2 Å². The summed E-state index contributed by atoms with van der Waals surface area (Å²) in [7, 11) is 0. The fraction of sp³-hybridized carbons (Fsp3) is 0.733. The summed E-state index contributed by atoms with van der Waals surface area (Å²) < 4.78 is 0. The average molecular weight is 263 g/mol. The van der Waals surface area contributed by atoms with Crippen molar-refractivity contribution in [3.05, 3.63) is 11.4 Å². The maximum absolute atomic E-state index is 12.7. The van der Waals surface area contributed by atoms with Crippen LogP contribution in [-0.4, -0.2) is 16.1 Å². The van der Waals surface area contributed by atoms with E-state index in [4.69, 9.17) is 0 Å². The first kappa shape index (κ1) is 14.1. The van der Waals surface area contributed by atoms with Crippen molar-refractivity contribution in [3.63, 3.8) is 0 Å². The molecule has 4 nitrogen and oxygen atoms in total. The summed E-state index contributed by atoms with van der Waals surface area (Å²) >= 11 is 0. The zero-order valence-electron chi connectivity index (χ0n) is 12.5. The van der Waals surface area contributed by atoms with Crippen molar-refractivity contribution in [1.82, 2.24) is 10.2 Å². The molecule has 1 aliphatic rings. The summed E-state index contributed by atoms with van der Waals surface area (Å²) in [6.07, 6.45) is 5.36. The van der Waals surface area contributed by atoms with E-state index in [0.29, 0.717) is 5.92 Å². The number of rotatable bonds is 4. The molecule has 1 amide bonds. The molecule has 1 heterocycles. The van der Waals surface area contributed by atoms with Gasteiger partial charge < -0.3 is 5.32 Å². The quantitative estimate of drug-likeness (QED) is 0.872. The molecule has 1 aromatic rings. The minimum absolute atomic E-state index is 0.162. The fourth-order valence-electron chi connectivity index (χ4n) is 3.34. The van der Waals surface area contributed by atoms with Gasteiger partial charge in [-0.25, -0.2) is 0 Å². The average Bonchev–Trinajstić information content (AvgIpc) is 2.91. The fourth-order valence-corrected chi connectivity index (χ4v) is 3.34. The van der Waals surface area contributed by atoms with Gasteiger partial charge in [-0.05, 0) is 39.0 Å². The number of carbonyl (C=O) groups excluding carboxylic acids is 1. The van der Waals surface area contributed by atoms with E-state index in [0.717, 1.165) is 36.3 Å². The molecule has 106 valence electrons. The number of aryl methyl sites for hydroxylation is 2. The minimum atomic E-state index is -0.162. The number of nitrogens with one attached hydrogen (secondary N) is 2. The number of hydrogen-bond donors (Lipinski definition) is 2. The lowest BCUT2D eigenvalue weighted by atomic mass is 9.77. The van der Waals surface area contributed by atoms with Gasteiger partial charge in [-0.2, -0.15) is 5.10 Å². The molecule has 0 aromatic carbocycles. The van der Waals surface area contributed by atoms with Gasteiger partial charge in [-0.3, -0.25) is 9.89 Å². The Bertz CT molecular complexity index is 436. The van der Waals surface area contributed by atoms with Crippen LogP contribution < -0.4 is 5.32 Å². The number of aromatic nitrogens is 2. The van der Waals surface area contributed by atoms with E-state index in [1.807, 2.05) is 13.8 Å². The SMILES string of the molecule is Cc1n[nH]c(C)c1NC(=O)C1(CC(C)C)CCCC1. The van der Waals surface area contributed by atoms with Crippen molar-refractivity contribution in [2.45, 2.75) is 59.8 Å². The first-order valence-electron chi connectivity index (χ1n) is 7.27. The van der Waals surface area contributed by atoms with E-state index >= 15 is 0 Å². The highest BCUT2D eigenvalue weighted by Gasteiger charge is 2.41. The van der Waals surface area contributed by atoms with Crippen molar-refractivity contribution < 1.29 is 4.79 Å². The lowest BCUT2D eigenvalue weighted by Crippen LogP contribution is -2.35. The van der Waals surface area contributed by atoms with Gasteiger partial charge >= 0.3 is 0 Å². The Hall–Kier alpha value is -1.32. The molecular formula is C15H25N3O. The van der Waals surface area contributed by atoms with Gasteiger partial charge in [0, 0.05) is 5.41 Å². The lowest BCUT2D eigenvalue weighted by molar-refractivity contribution is -0.126. The predicted molar refractivity (Wildman–Crippen MR) is 77.0 cm³/mol. The van der Waals surface area contributed by atoms with Crippen LogP contribution in [0.15, 0.2) is 0 Å². The van der Waals surface area contributed by atoms with E-state index in [-0.39, 0.29) is 11.3 Å². The number of carbonyl (C=O) groups is 1. The van der Waals surface area contributed by atoms with E-state index in [1.165, 1.54) is 12.8 Å². The van der Waals surface area contributed by atoms with Crippen LogP contribution in [0.1, 0.15) is 57.3 Å². The number of amides is 1. The normalized spacial score (nSPS) is 17.9. The molecule has 0 saturated heterocycles. The monoisotopic (exact) mass is 263 g/mol. The summed E-state index contributed by atoms with van der Waals surface area (Å²) in [4.78, 5) is 12.7. The van der Waals surface area contributed by atoms with Crippen LogP contribution in [0.4, 0.5) is 5.69 Å². The molecule has 1 fully saturated rings. The summed E-state index contributed by atoms with van der Waals surface area (Å²) in [5.74, 6) is 0.738. The molecular weight excluding hydrogens is 238 g/mol. The molecule has 2 rings (SSSR count). The van der Waals surface area contributed by atoms with Gasteiger partial charge in [0.15, 0.2) is 0 Å². The van der Waals surface area contributed by atoms with Crippen molar-refractivity contribution >= 4 is 11.6 Å². The zero-order valence-corrected chi connectivity index (χ0v) is 12.5. The first-order chi connectivity index (χ1) is 8.94. The van der Waals surface area contributed by atoms with E-state index in [1.54, 1.807) is 0 Å². The number of H-pyrrole nitrogens is 1. The van der Waals surface area contributed by atoms with Crippen LogP contribution in [0.5, 0.6) is 0 Å². The smallest absolute Gasteiger partial charge is 0.230 e. The predicted octanol–water partition coefficient (Wildman–Crippen LogP) is 3.57. The molecule has 0 bridgehead atoms. The molecule has 1 saturated carbocycles. The van der Waals surface area contributed by atoms with Gasteiger partial charge in [0.05, 0.1) is 17.1 Å². The summed E-state index contributed by atoms with van der Waals surface area (Å²) in [6.45, 7) is 8.26. The molecule has 0 aliphatic heterocycles. The van der Waals surface area contributed by atoms with Crippen molar-refractivity contribution in [1.29, 1.82) is 0 Å². The molecule has 19 heavy (non-hydrogen) atoms. The van der Waals surface area contributed by atoms with Crippen molar-refractivity contribution in [2.75, 3.05) is 5.32 Å². The molecule has 0 atom stereocenters. The van der Waals surface area contributed by atoms with Gasteiger partial charge in [-0.1, -0.05) is 26.7 Å². The third-order valence-corrected chi connectivity index (χ3v) is 4.21. The number of hydrogen-bond acceptors (Lipinski definition) is 2. The number of nitrogens with zero attached hydrogens (tertiary/aromatic N) is 1. The molecule has 0 unspecified atom stereocenters. The van der Waals surface area contributed by atoms with Crippen LogP contribution in [0.25, 0.3) is 0 Å². The molecule has 1 aliphatic carbocycles. The summed E-state index contributed by atoms with van der Waals surface area (Å²) in [6, 6.07) is 0. The maximum Gasteiger partial charge on any atom is 0.230 e. The van der Waals surface area contributed by atoms with E-state index < -0.39 is 0 Å². The second-order valence-electron chi connectivity index (χ2n) is 6.35. The summed E-state index contributed by atoms with van der Waals surface area (Å²) in [5.41, 5.74) is 2.50. The minimum Gasteiger partial charge on any atom is -0.322 e. The standard InChI is InChI=1S/C15H25N3O/c1-10(2)9-15(7-5-6-8-15)14(19)16-13-11(3)17-18-12(13)4/h10H,5-9H2,1-4H3,(H,16,19)(H,17,18). The van der Waals surface area contributed by atoms with E-state index in [9.17, 15) is 4.79 Å². The van der Waals surface area contributed by atoms with E-state index in [2.05, 4.69) is 29.4 Å². The molecule has 0 radical (unpaired) electrons. The largest absolute Gasteiger partial charge is 0.322 e. The Morgan fingerprint density at radius 3 is 2.47 bits per heavy atom. The highest BCUT2D eigenvalue weighted by molar-refractivity contribution is 5.96. The topological polar surface area (TPSA) is 57.8 Å². The molecule has 4 heteroatoms. The van der Waals surface area contributed by atoms with Gasteiger partial charge in [0.25, 0.3) is 0 Å². The third-order valence-electron chi connectivity index (χ3n) is 4.21. The highest BCUT2D eigenvalue weighted by Crippen LogP contribution is 2.44. The molecule has 0 spiro atoms. The highest BCUT2D eigenvalue weighted by atomic mass is 16.2. The van der Waals surface area contributed by atoms with Crippen LogP contribution in [0.2, 0.25) is 0 Å². The summed E-state index contributed by atoms with van der Waals surface area (Å²) in [5, 5.41) is 10.2. The second kappa shape index (κ2) is 5.35. The Labute approximate surface area is 115 Å². The Morgan fingerprint density at radius 2 is 2.00 bits per heavy atom. The van der Waals surface area contributed by atoms with Gasteiger partial charge in [-0.15, -0.1) is 0 Å². The van der Waals surface area contributed by atoms with Crippen LogP contribution >= 0.6 is 0 Å². The zero-order chi connectivity index (χ0) is 14.0. The number of aromatic amines is 1. The first-order valence-corrected chi connectivity index (χ1v) is 7.27. The third kappa shape index (κ3) is 2.82. The van der Waals surface area contributed by atoms with Crippen LogP contribution in [-0.2, 0) is 4.79 Å². The van der Waals surface area contributed by atoms with Crippen molar-refractivity contribution in [3.8, 4) is 0 Å². The Morgan fingerprint density at radius 1 is 1.37 bits per heavy atom. The Kier molecular flexibility index (Phi) is 3.97. The second-order valence-corrected chi connectivity index (χ2v) is 6.35. The van der Waals surface area contributed by atoms with Gasteiger partial charge in [0.2, 0.25) is 5.91 Å². The molecule has 1 aromatic heterocycles. The van der Waals surface area contributed by atoms with Crippen molar-refractivity contribution in [2.24, 2.45) is 11.3 Å². The Balaban J connectivity index is 2.17. The maximum atomic E-state index is 12.7. The molecule has 2 N–H and O–H groups in total. The van der Waals surface area contributed by atoms with Gasteiger partial charge in [0.1, 0.15) is 0 Å². The van der Waals surface area contributed by atoms with Crippen LogP contribution in [0.3, 0.4) is 0 Å². The number of anilines is 1. The lowest BCUT2D eigenvalue weighted by Gasteiger charge is -2.29.